The van der Waals surface area contributed by atoms with Crippen LogP contribution < -0.4 is 5.32 Å². The number of nitrogens with one attached hydrogen (secondary N) is 1. The van der Waals surface area contributed by atoms with E-state index in [2.05, 4.69) is 24.4 Å². The Hall–Kier alpha value is -0.710. The van der Waals surface area contributed by atoms with E-state index < -0.39 is 0 Å². The second-order valence-electron chi connectivity index (χ2n) is 6.75. The lowest BCUT2D eigenvalue weighted by molar-refractivity contribution is 0.0705. The highest BCUT2D eigenvalue weighted by Crippen LogP contribution is 2.28. The van der Waals surface area contributed by atoms with Gasteiger partial charge in [-0.05, 0) is 61.6 Å². The number of halogens is 1. The fourth-order valence-electron chi connectivity index (χ4n) is 3.09. The standard InChI is InChI=1S/C19H28N2OS.ClH/c1-2-23-14-16-5-7-17(8-6-16)19(22)21-11-9-18(10-12-21)20-13-15-3-4-15;/h5-8,15,18,20H,2-4,9-14H2,1H3;1H. The SMILES string of the molecule is CCSCc1ccc(C(=O)N2CCC(NCC3CC3)CC2)cc1.Cl. The number of hydrogen-bond acceptors (Lipinski definition) is 3. The second kappa shape index (κ2) is 9.69. The van der Waals surface area contributed by atoms with Gasteiger partial charge in [0, 0.05) is 30.4 Å². The minimum absolute atomic E-state index is 0. The average molecular weight is 369 g/mol. The van der Waals surface area contributed by atoms with E-state index in [1.165, 1.54) is 24.9 Å². The molecular weight excluding hydrogens is 340 g/mol. The third kappa shape index (κ3) is 5.68. The van der Waals surface area contributed by atoms with Crippen molar-refractivity contribution in [2.45, 2.75) is 44.4 Å². The van der Waals surface area contributed by atoms with Crippen molar-refractivity contribution in [1.29, 1.82) is 0 Å². The number of carbonyl (C=O) groups is 1. The first kappa shape index (κ1) is 19.6. The van der Waals surface area contributed by atoms with Crippen molar-refractivity contribution in [1.82, 2.24) is 10.2 Å². The summed E-state index contributed by atoms with van der Waals surface area (Å²) in [7, 11) is 0. The summed E-state index contributed by atoms with van der Waals surface area (Å²) in [6.07, 6.45) is 4.97. The van der Waals surface area contributed by atoms with Crippen LogP contribution in [0.15, 0.2) is 24.3 Å². The maximum atomic E-state index is 12.6. The van der Waals surface area contributed by atoms with Crippen molar-refractivity contribution in [2.24, 2.45) is 5.92 Å². The van der Waals surface area contributed by atoms with Gasteiger partial charge in [0.15, 0.2) is 0 Å². The molecule has 1 heterocycles. The molecule has 3 rings (SSSR count). The summed E-state index contributed by atoms with van der Waals surface area (Å²) in [6.45, 7) is 5.12. The van der Waals surface area contributed by atoms with Crippen molar-refractivity contribution < 1.29 is 4.79 Å². The molecule has 0 atom stereocenters. The highest BCUT2D eigenvalue weighted by atomic mass is 35.5. The molecule has 2 aliphatic rings. The van der Waals surface area contributed by atoms with Crippen LogP contribution in [0.5, 0.6) is 0 Å². The van der Waals surface area contributed by atoms with Gasteiger partial charge in [0.2, 0.25) is 0 Å². The molecule has 1 aliphatic heterocycles. The lowest BCUT2D eigenvalue weighted by Gasteiger charge is -2.32. The van der Waals surface area contributed by atoms with Crippen LogP contribution in [0.1, 0.15) is 48.5 Å². The zero-order chi connectivity index (χ0) is 16.1. The van der Waals surface area contributed by atoms with Crippen LogP contribution >= 0.6 is 24.2 Å². The summed E-state index contributed by atoms with van der Waals surface area (Å²) in [4.78, 5) is 14.6. The van der Waals surface area contributed by atoms with Gasteiger partial charge in [-0.15, -0.1) is 12.4 Å². The highest BCUT2D eigenvalue weighted by molar-refractivity contribution is 7.98. The molecule has 1 N–H and O–H groups in total. The molecule has 0 radical (unpaired) electrons. The van der Waals surface area contributed by atoms with E-state index >= 15 is 0 Å². The quantitative estimate of drug-likeness (QED) is 0.790. The Morgan fingerprint density at radius 2 is 1.83 bits per heavy atom. The normalized spacial score (nSPS) is 18.3. The van der Waals surface area contributed by atoms with Gasteiger partial charge in [-0.3, -0.25) is 4.79 Å². The molecule has 1 saturated carbocycles. The number of benzene rings is 1. The van der Waals surface area contributed by atoms with Crippen LogP contribution in [0.3, 0.4) is 0 Å². The molecule has 134 valence electrons. The summed E-state index contributed by atoms with van der Waals surface area (Å²) in [6, 6.07) is 8.78. The van der Waals surface area contributed by atoms with E-state index in [0.717, 1.165) is 48.9 Å². The summed E-state index contributed by atoms with van der Waals surface area (Å²) in [5.41, 5.74) is 2.14. The molecule has 2 fully saturated rings. The van der Waals surface area contributed by atoms with Gasteiger partial charge >= 0.3 is 0 Å². The van der Waals surface area contributed by atoms with E-state index in [1.54, 1.807) is 0 Å². The molecule has 0 bridgehead atoms. The Balaban J connectivity index is 0.00000208. The largest absolute Gasteiger partial charge is 0.339 e. The molecule has 1 saturated heterocycles. The van der Waals surface area contributed by atoms with Crippen LogP contribution in [0, 0.1) is 5.92 Å². The van der Waals surface area contributed by atoms with Gasteiger partial charge in [0.1, 0.15) is 0 Å². The fraction of sp³-hybridized carbons (Fsp3) is 0.632. The molecule has 1 aliphatic carbocycles. The minimum atomic E-state index is 0. The number of nitrogens with zero attached hydrogens (tertiary/aromatic N) is 1. The van der Waals surface area contributed by atoms with Crippen molar-refractivity contribution in [2.75, 3.05) is 25.4 Å². The molecule has 1 aromatic rings. The van der Waals surface area contributed by atoms with Crippen LogP contribution in [0.2, 0.25) is 0 Å². The zero-order valence-electron chi connectivity index (χ0n) is 14.5. The molecule has 1 amide bonds. The van der Waals surface area contributed by atoms with Gasteiger partial charge in [0.25, 0.3) is 5.91 Å². The van der Waals surface area contributed by atoms with Crippen LogP contribution in [-0.2, 0) is 5.75 Å². The maximum absolute atomic E-state index is 12.6. The van der Waals surface area contributed by atoms with Crippen LogP contribution in [0.4, 0.5) is 0 Å². The van der Waals surface area contributed by atoms with Gasteiger partial charge in [-0.1, -0.05) is 19.1 Å². The third-order valence-electron chi connectivity index (χ3n) is 4.85. The van der Waals surface area contributed by atoms with E-state index in [4.69, 9.17) is 0 Å². The molecule has 5 heteroatoms. The molecule has 24 heavy (non-hydrogen) atoms. The van der Waals surface area contributed by atoms with Crippen molar-refractivity contribution in [3.05, 3.63) is 35.4 Å². The minimum Gasteiger partial charge on any atom is -0.339 e. The molecule has 0 aromatic heterocycles. The lowest BCUT2D eigenvalue weighted by atomic mass is 10.0. The first-order chi connectivity index (χ1) is 11.3. The van der Waals surface area contributed by atoms with E-state index in [0.29, 0.717) is 6.04 Å². The fourth-order valence-corrected chi connectivity index (χ4v) is 3.72. The maximum Gasteiger partial charge on any atom is 0.253 e. The van der Waals surface area contributed by atoms with Gasteiger partial charge in [-0.25, -0.2) is 0 Å². The summed E-state index contributed by atoms with van der Waals surface area (Å²) in [5, 5.41) is 3.67. The molecule has 0 spiro atoms. The van der Waals surface area contributed by atoms with Gasteiger partial charge < -0.3 is 10.2 Å². The molecule has 1 aromatic carbocycles. The Kier molecular flexibility index (Phi) is 7.92. The molecule has 0 unspecified atom stereocenters. The van der Waals surface area contributed by atoms with Crippen molar-refractivity contribution in [3.8, 4) is 0 Å². The number of rotatable bonds is 7. The zero-order valence-corrected chi connectivity index (χ0v) is 16.1. The van der Waals surface area contributed by atoms with Crippen LogP contribution in [0.25, 0.3) is 0 Å². The summed E-state index contributed by atoms with van der Waals surface area (Å²) in [5.74, 6) is 3.28. The predicted octanol–water partition coefficient (Wildman–Crippen LogP) is 3.97. The first-order valence-electron chi connectivity index (χ1n) is 8.95. The number of amides is 1. The number of thioether (sulfide) groups is 1. The number of carbonyl (C=O) groups excluding carboxylic acids is 1. The highest BCUT2D eigenvalue weighted by Gasteiger charge is 2.26. The third-order valence-corrected chi connectivity index (χ3v) is 5.79. The Labute approximate surface area is 156 Å². The second-order valence-corrected chi connectivity index (χ2v) is 8.03. The van der Waals surface area contributed by atoms with E-state index in [-0.39, 0.29) is 18.3 Å². The summed E-state index contributed by atoms with van der Waals surface area (Å²) >= 11 is 1.91. The van der Waals surface area contributed by atoms with Crippen molar-refractivity contribution in [3.63, 3.8) is 0 Å². The monoisotopic (exact) mass is 368 g/mol. The predicted molar refractivity (Wildman–Crippen MR) is 105 cm³/mol. The number of piperidine rings is 1. The average Bonchev–Trinajstić information content (AvgIpc) is 3.43. The Morgan fingerprint density at radius 1 is 1.17 bits per heavy atom. The summed E-state index contributed by atoms with van der Waals surface area (Å²) < 4.78 is 0. The Morgan fingerprint density at radius 3 is 2.42 bits per heavy atom. The van der Waals surface area contributed by atoms with Gasteiger partial charge in [0.05, 0.1) is 0 Å². The smallest absolute Gasteiger partial charge is 0.253 e. The number of hydrogen-bond donors (Lipinski definition) is 1. The van der Waals surface area contributed by atoms with E-state index in [1.807, 2.05) is 28.8 Å². The Bertz CT molecular complexity index is 511. The number of likely N-dealkylation sites (tertiary alicyclic amines) is 1. The molecule has 3 nitrogen and oxygen atoms in total. The molecular formula is C19H29ClN2OS. The van der Waals surface area contributed by atoms with Crippen LogP contribution in [-0.4, -0.2) is 42.2 Å². The topological polar surface area (TPSA) is 32.3 Å². The lowest BCUT2D eigenvalue weighted by Crippen LogP contribution is -2.45. The van der Waals surface area contributed by atoms with Gasteiger partial charge in [-0.2, -0.15) is 11.8 Å². The first-order valence-corrected chi connectivity index (χ1v) is 10.1. The van der Waals surface area contributed by atoms with Crippen molar-refractivity contribution >= 4 is 30.1 Å². The van der Waals surface area contributed by atoms with E-state index in [9.17, 15) is 4.79 Å².